The number of para-hydroxylation sites is 1. The van der Waals surface area contributed by atoms with E-state index in [0.29, 0.717) is 10.7 Å². The molecule has 8 nitrogen and oxygen atoms in total. The van der Waals surface area contributed by atoms with Crippen molar-refractivity contribution < 1.29 is 19.2 Å². The average molecular weight is 441 g/mol. The van der Waals surface area contributed by atoms with Crippen LogP contribution < -0.4 is 16.0 Å². The summed E-state index contributed by atoms with van der Waals surface area (Å²) in [7, 11) is 0. The van der Waals surface area contributed by atoms with Gasteiger partial charge in [0.2, 0.25) is 5.91 Å². The van der Waals surface area contributed by atoms with Gasteiger partial charge in [0.05, 0.1) is 11.3 Å². The number of urea groups is 1. The number of amides is 5. The average Bonchev–Trinajstić information content (AvgIpc) is 3.56. The fourth-order valence-electron chi connectivity index (χ4n) is 3.65. The molecule has 0 radical (unpaired) electrons. The molecule has 160 valence electrons. The number of hydrogen-bond donors (Lipinski definition) is 3. The number of nitrogens with one attached hydrogen (secondary N) is 3. The highest BCUT2D eigenvalue weighted by Crippen LogP contribution is 2.42. The zero-order valence-corrected chi connectivity index (χ0v) is 17.5. The molecule has 2 aromatic rings. The van der Waals surface area contributed by atoms with Gasteiger partial charge in [-0.2, -0.15) is 0 Å². The number of rotatable bonds is 6. The van der Waals surface area contributed by atoms with Crippen LogP contribution in [0.25, 0.3) is 0 Å². The third-order valence-corrected chi connectivity index (χ3v) is 5.80. The molecule has 2 fully saturated rings. The minimum atomic E-state index is -0.951. The van der Waals surface area contributed by atoms with Crippen molar-refractivity contribution in [3.05, 3.63) is 59.1 Å². The van der Waals surface area contributed by atoms with E-state index < -0.39 is 35.8 Å². The molecular formula is C22H21ClN4O4. The van der Waals surface area contributed by atoms with Crippen LogP contribution in [-0.2, 0) is 9.59 Å². The lowest BCUT2D eigenvalue weighted by atomic mass is 9.96. The number of carbonyl (C=O) groups excluding carboxylic acids is 4. The van der Waals surface area contributed by atoms with Crippen LogP contribution in [0.4, 0.5) is 16.2 Å². The SMILES string of the molecule is CC1(C2CC2)NC(=O)N(CC(=O)Nc2ccccc2C(=O)Nc2ccc(Cl)cc2)C1=O. The van der Waals surface area contributed by atoms with Crippen molar-refractivity contribution in [2.45, 2.75) is 25.3 Å². The largest absolute Gasteiger partial charge is 0.325 e. The highest BCUT2D eigenvalue weighted by atomic mass is 35.5. The lowest BCUT2D eigenvalue weighted by Crippen LogP contribution is -2.46. The Morgan fingerprint density at radius 1 is 1.10 bits per heavy atom. The molecule has 1 aliphatic carbocycles. The van der Waals surface area contributed by atoms with E-state index in [4.69, 9.17) is 11.6 Å². The number of halogens is 1. The normalized spacial score (nSPS) is 20.4. The molecule has 1 unspecified atom stereocenters. The molecule has 31 heavy (non-hydrogen) atoms. The van der Waals surface area contributed by atoms with E-state index in [1.54, 1.807) is 55.5 Å². The molecule has 0 spiro atoms. The minimum Gasteiger partial charge on any atom is -0.324 e. The Morgan fingerprint density at radius 3 is 2.45 bits per heavy atom. The summed E-state index contributed by atoms with van der Waals surface area (Å²) in [5, 5.41) is 8.62. The fourth-order valence-corrected chi connectivity index (χ4v) is 3.78. The van der Waals surface area contributed by atoms with Gasteiger partial charge in [-0.1, -0.05) is 23.7 Å². The van der Waals surface area contributed by atoms with Gasteiger partial charge in [0.15, 0.2) is 0 Å². The van der Waals surface area contributed by atoms with Crippen molar-refractivity contribution >= 4 is 46.7 Å². The molecule has 2 aromatic carbocycles. The molecule has 0 aromatic heterocycles. The van der Waals surface area contributed by atoms with Crippen LogP contribution in [-0.4, -0.2) is 40.7 Å². The third-order valence-electron chi connectivity index (χ3n) is 5.54. The summed E-state index contributed by atoms with van der Waals surface area (Å²) in [6.07, 6.45) is 1.75. The van der Waals surface area contributed by atoms with Gasteiger partial charge in [-0.15, -0.1) is 0 Å². The van der Waals surface area contributed by atoms with Gasteiger partial charge >= 0.3 is 6.03 Å². The number of hydrogen-bond acceptors (Lipinski definition) is 4. The fraction of sp³-hybridized carbons (Fsp3) is 0.273. The van der Waals surface area contributed by atoms with Crippen molar-refractivity contribution in [2.75, 3.05) is 17.2 Å². The van der Waals surface area contributed by atoms with Gasteiger partial charge in [0, 0.05) is 10.7 Å². The maximum atomic E-state index is 12.7. The first-order valence-corrected chi connectivity index (χ1v) is 10.3. The Kier molecular flexibility index (Phi) is 5.41. The lowest BCUT2D eigenvalue weighted by Gasteiger charge is -2.20. The maximum absolute atomic E-state index is 12.7. The van der Waals surface area contributed by atoms with Crippen LogP contribution in [0.2, 0.25) is 5.02 Å². The number of anilines is 2. The van der Waals surface area contributed by atoms with Crippen molar-refractivity contribution in [1.29, 1.82) is 0 Å². The van der Waals surface area contributed by atoms with E-state index in [9.17, 15) is 19.2 Å². The first kappa shape index (κ1) is 20.9. The number of imide groups is 1. The van der Waals surface area contributed by atoms with E-state index in [2.05, 4.69) is 16.0 Å². The summed E-state index contributed by atoms with van der Waals surface area (Å²) < 4.78 is 0. The standard InChI is InChI=1S/C22H21ClN4O4/c1-22(13-6-7-13)20(30)27(21(31)26-22)12-18(28)25-17-5-3-2-4-16(17)19(29)24-15-10-8-14(23)9-11-15/h2-5,8-11,13H,6-7,12H2,1H3,(H,24,29)(H,25,28)(H,26,31). The molecule has 1 saturated carbocycles. The van der Waals surface area contributed by atoms with Crippen LogP contribution in [0.5, 0.6) is 0 Å². The Labute approximate surface area is 183 Å². The van der Waals surface area contributed by atoms with Gasteiger partial charge in [0.1, 0.15) is 12.1 Å². The Bertz CT molecular complexity index is 1070. The third kappa shape index (κ3) is 4.25. The highest BCUT2D eigenvalue weighted by molar-refractivity contribution is 6.30. The molecule has 9 heteroatoms. The molecule has 0 bridgehead atoms. The molecule has 1 aliphatic heterocycles. The van der Waals surface area contributed by atoms with Gasteiger partial charge in [0.25, 0.3) is 11.8 Å². The highest BCUT2D eigenvalue weighted by Gasteiger charge is 2.56. The zero-order chi connectivity index (χ0) is 22.2. The molecule has 4 rings (SSSR count). The summed E-state index contributed by atoms with van der Waals surface area (Å²) in [6, 6.07) is 12.5. The van der Waals surface area contributed by atoms with Gasteiger partial charge in [-0.05, 0) is 62.1 Å². The van der Waals surface area contributed by atoms with Crippen molar-refractivity contribution in [1.82, 2.24) is 10.2 Å². The van der Waals surface area contributed by atoms with Crippen LogP contribution in [0.3, 0.4) is 0 Å². The summed E-state index contributed by atoms with van der Waals surface area (Å²) in [5.41, 5.74) is 0.115. The van der Waals surface area contributed by atoms with Crippen LogP contribution in [0.1, 0.15) is 30.1 Å². The second-order valence-electron chi connectivity index (χ2n) is 7.85. The molecule has 1 atom stereocenters. The zero-order valence-electron chi connectivity index (χ0n) is 16.8. The molecule has 3 N–H and O–H groups in total. The van der Waals surface area contributed by atoms with Crippen molar-refractivity contribution in [3.63, 3.8) is 0 Å². The van der Waals surface area contributed by atoms with E-state index in [1.165, 1.54) is 0 Å². The molecule has 1 heterocycles. The Hall–Kier alpha value is -3.39. The van der Waals surface area contributed by atoms with Gasteiger partial charge in [-0.3, -0.25) is 19.3 Å². The second-order valence-corrected chi connectivity index (χ2v) is 8.29. The van der Waals surface area contributed by atoms with Crippen LogP contribution in [0.15, 0.2) is 48.5 Å². The smallest absolute Gasteiger partial charge is 0.324 e. The first-order valence-electron chi connectivity index (χ1n) is 9.88. The van der Waals surface area contributed by atoms with Crippen LogP contribution in [0, 0.1) is 5.92 Å². The molecule has 5 amide bonds. The maximum Gasteiger partial charge on any atom is 0.325 e. The topological polar surface area (TPSA) is 108 Å². The Morgan fingerprint density at radius 2 is 1.77 bits per heavy atom. The quantitative estimate of drug-likeness (QED) is 0.599. The second kappa shape index (κ2) is 8.03. The summed E-state index contributed by atoms with van der Waals surface area (Å²) in [4.78, 5) is 51.2. The summed E-state index contributed by atoms with van der Waals surface area (Å²) in [5.74, 6) is -1.29. The number of nitrogens with zero attached hydrogens (tertiary/aromatic N) is 1. The Balaban J connectivity index is 1.44. The minimum absolute atomic E-state index is 0.106. The van der Waals surface area contributed by atoms with Crippen molar-refractivity contribution in [2.24, 2.45) is 5.92 Å². The van der Waals surface area contributed by atoms with Gasteiger partial charge in [-0.25, -0.2) is 4.79 Å². The monoisotopic (exact) mass is 440 g/mol. The van der Waals surface area contributed by atoms with Gasteiger partial charge < -0.3 is 16.0 Å². The molecule has 1 saturated heterocycles. The van der Waals surface area contributed by atoms with E-state index in [0.717, 1.165) is 17.7 Å². The van der Waals surface area contributed by atoms with Crippen LogP contribution >= 0.6 is 11.6 Å². The van der Waals surface area contributed by atoms with E-state index in [1.807, 2.05) is 0 Å². The number of carbonyl (C=O) groups is 4. The van der Waals surface area contributed by atoms with Crippen molar-refractivity contribution in [3.8, 4) is 0 Å². The molecular weight excluding hydrogens is 420 g/mol. The predicted octanol–water partition coefficient (Wildman–Crippen LogP) is 3.25. The lowest BCUT2D eigenvalue weighted by molar-refractivity contribution is -0.134. The number of benzene rings is 2. The van der Waals surface area contributed by atoms with E-state index in [-0.39, 0.29) is 17.2 Å². The summed E-state index contributed by atoms with van der Waals surface area (Å²) in [6.45, 7) is 1.26. The summed E-state index contributed by atoms with van der Waals surface area (Å²) >= 11 is 5.86. The molecule has 2 aliphatic rings. The first-order chi connectivity index (χ1) is 14.8. The predicted molar refractivity (Wildman–Crippen MR) is 116 cm³/mol. The van der Waals surface area contributed by atoms with E-state index >= 15 is 0 Å².